The minimum Gasteiger partial charge on any atom is -0.463 e. The fraction of sp³-hybridized carbons (Fsp3) is 0.250. The lowest BCUT2D eigenvalue weighted by molar-refractivity contribution is -0.123. The number of fused-ring (bicyclic) bond motifs is 1. The van der Waals surface area contributed by atoms with Crippen LogP contribution in [0.15, 0.2) is 53.1 Å². The number of nitrogens with two attached hydrogens (primary N) is 1. The minimum absolute atomic E-state index is 0.195. The van der Waals surface area contributed by atoms with E-state index >= 15 is 0 Å². The Morgan fingerprint density at radius 3 is 2.77 bits per heavy atom. The average Bonchev–Trinajstić information content (AvgIpc) is 3.21. The number of piperidine rings is 1. The Bertz CT molecular complexity index is 966. The molecule has 1 aliphatic rings. The van der Waals surface area contributed by atoms with Crippen LogP contribution in [0.3, 0.4) is 0 Å². The molecule has 0 spiro atoms. The van der Waals surface area contributed by atoms with Crippen LogP contribution in [-0.4, -0.2) is 34.3 Å². The molecule has 1 atom stereocenters. The lowest BCUT2D eigenvalue weighted by Crippen LogP contribution is -2.50. The van der Waals surface area contributed by atoms with E-state index in [1.807, 2.05) is 24.3 Å². The Balaban J connectivity index is 1.84. The van der Waals surface area contributed by atoms with Gasteiger partial charge in [-0.15, -0.1) is 0 Å². The molecule has 1 aromatic carbocycles. The van der Waals surface area contributed by atoms with Crippen LogP contribution in [0.4, 0.5) is 0 Å². The third-order valence-electron chi connectivity index (χ3n) is 4.81. The third kappa shape index (κ3) is 2.83. The molecule has 3 heterocycles. The highest BCUT2D eigenvalue weighted by molar-refractivity contribution is 6.08. The molecule has 0 bridgehead atoms. The van der Waals surface area contributed by atoms with Crippen molar-refractivity contribution in [3.05, 3.63) is 54.3 Å². The second kappa shape index (κ2) is 6.63. The Morgan fingerprint density at radius 2 is 2.00 bits per heavy atom. The van der Waals surface area contributed by atoms with Crippen molar-refractivity contribution < 1.29 is 14.0 Å². The van der Waals surface area contributed by atoms with E-state index in [1.54, 1.807) is 29.4 Å². The zero-order chi connectivity index (χ0) is 18.1. The van der Waals surface area contributed by atoms with E-state index < -0.39 is 11.9 Å². The van der Waals surface area contributed by atoms with E-state index in [0.717, 1.165) is 18.2 Å². The number of aromatic nitrogens is 1. The highest BCUT2D eigenvalue weighted by Gasteiger charge is 2.32. The van der Waals surface area contributed by atoms with Gasteiger partial charge in [-0.3, -0.25) is 9.59 Å². The van der Waals surface area contributed by atoms with Gasteiger partial charge in [0.05, 0.1) is 17.3 Å². The molecular formula is C20H19N3O3. The van der Waals surface area contributed by atoms with Gasteiger partial charge in [0.25, 0.3) is 5.91 Å². The molecule has 2 aromatic heterocycles. The molecule has 1 unspecified atom stereocenters. The van der Waals surface area contributed by atoms with Crippen LogP contribution in [0, 0.1) is 0 Å². The monoisotopic (exact) mass is 349 g/mol. The van der Waals surface area contributed by atoms with Crippen molar-refractivity contribution in [3.63, 3.8) is 0 Å². The van der Waals surface area contributed by atoms with Crippen molar-refractivity contribution in [2.75, 3.05) is 6.54 Å². The van der Waals surface area contributed by atoms with Gasteiger partial charge < -0.3 is 15.1 Å². The van der Waals surface area contributed by atoms with Crippen molar-refractivity contribution in [1.29, 1.82) is 0 Å². The summed E-state index contributed by atoms with van der Waals surface area (Å²) in [6.45, 7) is 0.527. The van der Waals surface area contributed by atoms with Crippen LogP contribution in [-0.2, 0) is 4.79 Å². The number of hydrogen-bond donors (Lipinski definition) is 1. The summed E-state index contributed by atoms with van der Waals surface area (Å²) in [4.78, 5) is 31.3. The van der Waals surface area contributed by atoms with Gasteiger partial charge in [-0.1, -0.05) is 18.2 Å². The first-order valence-corrected chi connectivity index (χ1v) is 8.69. The normalized spacial score (nSPS) is 17.4. The van der Waals surface area contributed by atoms with Gasteiger partial charge in [-0.25, -0.2) is 4.98 Å². The first-order valence-electron chi connectivity index (χ1n) is 8.69. The summed E-state index contributed by atoms with van der Waals surface area (Å²) >= 11 is 0. The van der Waals surface area contributed by atoms with Crippen LogP contribution in [0.5, 0.6) is 0 Å². The minimum atomic E-state index is -0.560. The van der Waals surface area contributed by atoms with Crippen LogP contribution >= 0.6 is 0 Å². The summed E-state index contributed by atoms with van der Waals surface area (Å²) in [6, 6.07) is 12.2. The fourth-order valence-corrected chi connectivity index (χ4v) is 3.53. The molecule has 1 aliphatic heterocycles. The summed E-state index contributed by atoms with van der Waals surface area (Å²) in [7, 11) is 0. The topological polar surface area (TPSA) is 89.4 Å². The van der Waals surface area contributed by atoms with Crippen molar-refractivity contribution >= 4 is 22.7 Å². The molecule has 6 nitrogen and oxygen atoms in total. The number of furan rings is 1. The highest BCUT2D eigenvalue weighted by Crippen LogP contribution is 2.28. The zero-order valence-electron chi connectivity index (χ0n) is 14.2. The number of primary amides is 1. The maximum absolute atomic E-state index is 13.3. The first kappa shape index (κ1) is 16.3. The van der Waals surface area contributed by atoms with Gasteiger partial charge in [0.2, 0.25) is 5.91 Å². The molecule has 0 saturated carbocycles. The Morgan fingerprint density at radius 1 is 1.15 bits per heavy atom. The number of pyridine rings is 1. The lowest BCUT2D eigenvalue weighted by atomic mass is 9.98. The van der Waals surface area contributed by atoms with Gasteiger partial charge >= 0.3 is 0 Å². The number of likely N-dealkylation sites (tertiary alicyclic amines) is 1. The third-order valence-corrected chi connectivity index (χ3v) is 4.81. The Labute approximate surface area is 150 Å². The summed E-state index contributed by atoms with van der Waals surface area (Å²) in [6.07, 6.45) is 3.94. The van der Waals surface area contributed by atoms with Crippen LogP contribution < -0.4 is 5.73 Å². The van der Waals surface area contributed by atoms with E-state index in [-0.39, 0.29) is 5.91 Å². The Kier molecular flexibility index (Phi) is 4.16. The largest absolute Gasteiger partial charge is 0.463 e. The summed E-state index contributed by atoms with van der Waals surface area (Å²) in [5, 5.41) is 0.751. The van der Waals surface area contributed by atoms with Crippen molar-refractivity contribution in [3.8, 4) is 11.5 Å². The lowest BCUT2D eigenvalue weighted by Gasteiger charge is -2.34. The van der Waals surface area contributed by atoms with Gasteiger partial charge in [0.1, 0.15) is 11.7 Å². The molecule has 3 aromatic rings. The molecule has 1 saturated heterocycles. The molecule has 6 heteroatoms. The van der Waals surface area contributed by atoms with Gasteiger partial charge in [0.15, 0.2) is 5.76 Å². The summed E-state index contributed by atoms with van der Waals surface area (Å²) < 4.78 is 5.45. The number of rotatable bonds is 3. The number of nitrogens with zero attached hydrogens (tertiary/aromatic N) is 2. The number of para-hydroxylation sites is 1. The molecule has 2 N–H and O–H groups in total. The molecule has 4 rings (SSSR count). The van der Waals surface area contributed by atoms with Gasteiger partial charge in [-0.05, 0) is 43.5 Å². The van der Waals surface area contributed by atoms with E-state index in [9.17, 15) is 9.59 Å². The maximum atomic E-state index is 13.3. The second-order valence-electron chi connectivity index (χ2n) is 6.46. The van der Waals surface area contributed by atoms with E-state index in [2.05, 4.69) is 4.98 Å². The number of carbonyl (C=O) groups is 2. The van der Waals surface area contributed by atoms with E-state index in [0.29, 0.717) is 35.5 Å². The molecule has 132 valence electrons. The number of benzene rings is 1. The van der Waals surface area contributed by atoms with Crippen molar-refractivity contribution in [2.24, 2.45) is 5.73 Å². The smallest absolute Gasteiger partial charge is 0.255 e. The number of carbonyl (C=O) groups excluding carboxylic acids is 2. The molecule has 26 heavy (non-hydrogen) atoms. The molecule has 1 fully saturated rings. The van der Waals surface area contributed by atoms with Gasteiger partial charge in [0, 0.05) is 11.9 Å². The molecule has 0 aliphatic carbocycles. The summed E-state index contributed by atoms with van der Waals surface area (Å²) in [5.41, 5.74) is 7.34. The van der Waals surface area contributed by atoms with Crippen LogP contribution in [0.1, 0.15) is 29.6 Å². The molecular weight excluding hydrogens is 330 g/mol. The Hall–Kier alpha value is -3.15. The summed E-state index contributed by atoms with van der Waals surface area (Å²) in [5.74, 6) is -0.0579. The molecule has 0 radical (unpaired) electrons. The van der Waals surface area contributed by atoms with E-state index in [1.165, 1.54) is 0 Å². The standard InChI is InChI=1S/C20H19N3O3/c21-19(24)17-8-3-4-10-23(17)20(25)14-12-16(18-9-5-11-26-18)22-15-7-2-1-6-13(14)15/h1-2,5-7,9,11-12,17H,3-4,8,10H2,(H2,21,24). The SMILES string of the molecule is NC(=O)C1CCCCN1C(=O)c1cc(-c2ccco2)nc2ccccc12. The van der Waals surface area contributed by atoms with E-state index in [4.69, 9.17) is 10.2 Å². The zero-order valence-corrected chi connectivity index (χ0v) is 14.2. The van der Waals surface area contributed by atoms with Crippen molar-refractivity contribution in [1.82, 2.24) is 9.88 Å². The van der Waals surface area contributed by atoms with Crippen molar-refractivity contribution in [2.45, 2.75) is 25.3 Å². The quantitative estimate of drug-likeness (QED) is 0.787. The average molecular weight is 349 g/mol. The van der Waals surface area contributed by atoms with Crippen LogP contribution in [0.2, 0.25) is 0 Å². The predicted octanol–water partition coefficient (Wildman–Crippen LogP) is 2.97. The fourth-order valence-electron chi connectivity index (χ4n) is 3.53. The van der Waals surface area contributed by atoms with Crippen LogP contribution in [0.25, 0.3) is 22.4 Å². The maximum Gasteiger partial charge on any atom is 0.255 e. The highest BCUT2D eigenvalue weighted by atomic mass is 16.3. The number of amides is 2. The number of hydrogen-bond acceptors (Lipinski definition) is 4. The molecule has 2 amide bonds. The van der Waals surface area contributed by atoms with Gasteiger partial charge in [-0.2, -0.15) is 0 Å². The first-order chi connectivity index (χ1) is 12.6. The second-order valence-corrected chi connectivity index (χ2v) is 6.46. The predicted molar refractivity (Wildman–Crippen MR) is 97.3 cm³/mol.